The van der Waals surface area contributed by atoms with Crippen LogP contribution in [0, 0.1) is 5.82 Å². The summed E-state index contributed by atoms with van der Waals surface area (Å²) in [6, 6.07) is 4.10. The van der Waals surface area contributed by atoms with Crippen molar-refractivity contribution in [2.45, 2.75) is 19.3 Å². The molecule has 0 spiro atoms. The molecule has 0 aliphatic carbocycles. The Bertz CT molecular complexity index is 502. The van der Waals surface area contributed by atoms with Crippen molar-refractivity contribution in [2.24, 2.45) is 0 Å². The second-order valence-electron chi connectivity index (χ2n) is 4.69. The molecule has 2 rings (SSSR count). The number of halogens is 2. The summed E-state index contributed by atoms with van der Waals surface area (Å²) in [6.45, 7) is 1.45. The smallest absolute Gasteiger partial charge is 0.255 e. The van der Waals surface area contributed by atoms with Gasteiger partial charge in [-0.05, 0) is 25.0 Å². The fourth-order valence-electron chi connectivity index (χ4n) is 2.21. The lowest BCUT2D eigenvalue weighted by Gasteiger charge is -2.26. The summed E-state index contributed by atoms with van der Waals surface area (Å²) in [5, 5.41) is 2.67. The molecule has 2 amide bonds. The first-order chi connectivity index (χ1) is 9.59. The molecule has 1 aromatic carbocycles. The first-order valence-electron chi connectivity index (χ1n) is 6.59. The second kappa shape index (κ2) is 6.70. The van der Waals surface area contributed by atoms with Gasteiger partial charge in [-0.25, -0.2) is 4.39 Å². The maximum absolute atomic E-state index is 13.5. The second-order valence-corrected chi connectivity index (χ2v) is 5.10. The van der Waals surface area contributed by atoms with Crippen LogP contribution in [0.4, 0.5) is 4.39 Å². The van der Waals surface area contributed by atoms with Crippen molar-refractivity contribution in [1.29, 1.82) is 0 Å². The molecule has 1 heterocycles. The molecule has 1 aromatic rings. The van der Waals surface area contributed by atoms with Crippen LogP contribution in [0.5, 0.6) is 0 Å². The van der Waals surface area contributed by atoms with Crippen molar-refractivity contribution in [3.8, 4) is 0 Å². The molecule has 4 nitrogen and oxygen atoms in total. The maximum Gasteiger partial charge on any atom is 0.255 e. The van der Waals surface area contributed by atoms with E-state index in [2.05, 4.69) is 5.32 Å². The third-order valence-corrected chi connectivity index (χ3v) is 3.59. The van der Waals surface area contributed by atoms with E-state index in [-0.39, 0.29) is 23.0 Å². The SMILES string of the molecule is O=C(NCCN1CCCCC1=O)c1c(F)cccc1Cl. The van der Waals surface area contributed by atoms with Crippen molar-refractivity contribution in [3.05, 3.63) is 34.6 Å². The Morgan fingerprint density at radius 2 is 2.20 bits per heavy atom. The lowest BCUT2D eigenvalue weighted by molar-refractivity contribution is -0.133. The molecule has 0 saturated carbocycles. The van der Waals surface area contributed by atoms with Gasteiger partial charge in [0.25, 0.3) is 5.91 Å². The van der Waals surface area contributed by atoms with E-state index in [0.29, 0.717) is 13.0 Å². The number of carbonyl (C=O) groups is 2. The lowest BCUT2D eigenvalue weighted by Crippen LogP contribution is -2.41. The van der Waals surface area contributed by atoms with Gasteiger partial charge in [0.1, 0.15) is 5.82 Å². The van der Waals surface area contributed by atoms with E-state index >= 15 is 0 Å². The zero-order valence-corrected chi connectivity index (χ0v) is 11.8. The van der Waals surface area contributed by atoms with Crippen molar-refractivity contribution in [2.75, 3.05) is 19.6 Å². The third kappa shape index (κ3) is 3.48. The highest BCUT2D eigenvalue weighted by molar-refractivity contribution is 6.33. The standard InChI is InChI=1S/C14H16ClFN2O2/c15-10-4-3-5-11(16)13(10)14(20)17-7-9-18-8-2-1-6-12(18)19/h3-5H,1-2,6-9H2,(H,17,20). The topological polar surface area (TPSA) is 49.4 Å². The van der Waals surface area contributed by atoms with Gasteiger partial charge in [-0.2, -0.15) is 0 Å². The number of nitrogens with one attached hydrogen (secondary N) is 1. The summed E-state index contributed by atoms with van der Waals surface area (Å²) < 4.78 is 13.5. The lowest BCUT2D eigenvalue weighted by atomic mass is 10.1. The highest BCUT2D eigenvalue weighted by Gasteiger charge is 2.19. The number of piperidine rings is 1. The molecular formula is C14H16ClFN2O2. The molecule has 108 valence electrons. The number of benzene rings is 1. The van der Waals surface area contributed by atoms with Gasteiger partial charge in [-0.1, -0.05) is 17.7 Å². The van der Waals surface area contributed by atoms with E-state index in [1.54, 1.807) is 4.90 Å². The first kappa shape index (κ1) is 14.8. The Morgan fingerprint density at radius 1 is 1.40 bits per heavy atom. The normalized spacial score (nSPS) is 15.3. The number of rotatable bonds is 4. The summed E-state index contributed by atoms with van der Waals surface area (Å²) in [5.74, 6) is -1.10. The summed E-state index contributed by atoms with van der Waals surface area (Å²) >= 11 is 5.81. The largest absolute Gasteiger partial charge is 0.350 e. The molecule has 1 aliphatic rings. The number of carbonyl (C=O) groups excluding carboxylic acids is 2. The van der Waals surface area contributed by atoms with Crippen molar-refractivity contribution in [3.63, 3.8) is 0 Å². The molecule has 1 saturated heterocycles. The predicted octanol–water partition coefficient (Wildman–Crippen LogP) is 2.22. The van der Waals surface area contributed by atoms with Gasteiger partial charge >= 0.3 is 0 Å². The Morgan fingerprint density at radius 3 is 2.90 bits per heavy atom. The molecule has 0 unspecified atom stereocenters. The molecular weight excluding hydrogens is 283 g/mol. The summed E-state index contributed by atoms with van der Waals surface area (Å²) in [6.07, 6.45) is 2.47. The Labute approximate surface area is 121 Å². The van der Waals surface area contributed by atoms with Gasteiger partial charge in [0, 0.05) is 26.1 Å². The summed E-state index contributed by atoms with van der Waals surface area (Å²) in [4.78, 5) is 25.2. The van der Waals surface area contributed by atoms with Gasteiger partial charge in [0.05, 0.1) is 10.6 Å². The number of nitrogens with zero attached hydrogens (tertiary/aromatic N) is 1. The zero-order chi connectivity index (χ0) is 14.5. The fourth-order valence-corrected chi connectivity index (χ4v) is 2.45. The molecule has 1 aliphatic heterocycles. The average molecular weight is 299 g/mol. The molecule has 0 bridgehead atoms. The van der Waals surface area contributed by atoms with Crippen LogP contribution < -0.4 is 5.32 Å². The molecule has 20 heavy (non-hydrogen) atoms. The van der Waals surface area contributed by atoms with Crippen LogP contribution in [0.2, 0.25) is 5.02 Å². The minimum absolute atomic E-state index is 0.0801. The Kier molecular flexibility index (Phi) is 4.95. The minimum Gasteiger partial charge on any atom is -0.350 e. The van der Waals surface area contributed by atoms with E-state index in [4.69, 9.17) is 11.6 Å². The maximum atomic E-state index is 13.5. The third-order valence-electron chi connectivity index (χ3n) is 3.28. The monoisotopic (exact) mass is 298 g/mol. The van der Waals surface area contributed by atoms with Crippen molar-refractivity contribution < 1.29 is 14.0 Å². The highest BCUT2D eigenvalue weighted by Crippen LogP contribution is 2.18. The van der Waals surface area contributed by atoms with Gasteiger partial charge in [0.15, 0.2) is 0 Å². The van der Waals surface area contributed by atoms with Crippen LogP contribution in [0.25, 0.3) is 0 Å². The van der Waals surface area contributed by atoms with Gasteiger partial charge in [0.2, 0.25) is 5.91 Å². The van der Waals surface area contributed by atoms with Crippen LogP contribution in [0.3, 0.4) is 0 Å². The van der Waals surface area contributed by atoms with E-state index in [1.807, 2.05) is 0 Å². The molecule has 0 radical (unpaired) electrons. The fraction of sp³-hybridized carbons (Fsp3) is 0.429. The first-order valence-corrected chi connectivity index (χ1v) is 6.97. The van der Waals surface area contributed by atoms with Gasteiger partial charge in [-0.3, -0.25) is 9.59 Å². The quantitative estimate of drug-likeness (QED) is 0.926. The number of likely N-dealkylation sites (tertiary alicyclic amines) is 1. The van der Waals surface area contributed by atoms with Crippen molar-refractivity contribution in [1.82, 2.24) is 10.2 Å². The predicted molar refractivity (Wildman–Crippen MR) is 74.2 cm³/mol. The minimum atomic E-state index is -0.649. The zero-order valence-electron chi connectivity index (χ0n) is 11.0. The number of hydrogen-bond donors (Lipinski definition) is 1. The molecule has 6 heteroatoms. The molecule has 1 N–H and O–H groups in total. The van der Waals surface area contributed by atoms with E-state index in [9.17, 15) is 14.0 Å². The van der Waals surface area contributed by atoms with E-state index in [1.165, 1.54) is 18.2 Å². The van der Waals surface area contributed by atoms with Crippen LogP contribution in [0.15, 0.2) is 18.2 Å². The Balaban J connectivity index is 1.88. The van der Waals surface area contributed by atoms with Gasteiger partial charge in [-0.15, -0.1) is 0 Å². The summed E-state index contributed by atoms with van der Waals surface area (Å²) in [5.41, 5.74) is -0.154. The Hall–Kier alpha value is -1.62. The summed E-state index contributed by atoms with van der Waals surface area (Å²) in [7, 11) is 0. The average Bonchev–Trinajstić information content (AvgIpc) is 2.41. The van der Waals surface area contributed by atoms with Crippen molar-refractivity contribution >= 4 is 23.4 Å². The van der Waals surface area contributed by atoms with E-state index in [0.717, 1.165) is 19.4 Å². The highest BCUT2D eigenvalue weighted by atomic mass is 35.5. The van der Waals surface area contributed by atoms with E-state index < -0.39 is 11.7 Å². The van der Waals surface area contributed by atoms with Gasteiger partial charge < -0.3 is 10.2 Å². The van der Waals surface area contributed by atoms with Crippen LogP contribution in [0.1, 0.15) is 29.6 Å². The van der Waals surface area contributed by atoms with Crippen LogP contribution in [-0.4, -0.2) is 36.3 Å². The van der Waals surface area contributed by atoms with Crippen LogP contribution in [-0.2, 0) is 4.79 Å². The molecule has 0 atom stereocenters. The molecule has 1 fully saturated rings. The number of amides is 2. The molecule has 0 aromatic heterocycles. The van der Waals surface area contributed by atoms with Crippen LogP contribution >= 0.6 is 11.6 Å². The number of hydrogen-bond acceptors (Lipinski definition) is 2.